The minimum Gasteiger partial charge on any atom is -0.549 e. The Morgan fingerprint density at radius 1 is 1.28 bits per heavy atom. The lowest BCUT2D eigenvalue weighted by molar-refractivity contribution is -0.301. The molecule has 0 saturated heterocycles. The second kappa shape index (κ2) is 5.83. The Labute approximate surface area is 108 Å². The van der Waals surface area contributed by atoms with E-state index in [4.69, 9.17) is 11.6 Å². The Morgan fingerprint density at radius 3 is 2.50 bits per heavy atom. The highest BCUT2D eigenvalue weighted by Crippen LogP contribution is 2.14. The summed E-state index contributed by atoms with van der Waals surface area (Å²) in [6, 6.07) is 6.12. The molecule has 0 atom stereocenters. The first-order valence-electron chi connectivity index (χ1n) is 4.74. The summed E-state index contributed by atoms with van der Waals surface area (Å²) in [7, 11) is -4.02. The number of sulfone groups is 1. The molecule has 0 aliphatic heterocycles. The molecule has 1 rings (SSSR count). The van der Waals surface area contributed by atoms with Crippen LogP contribution in [0.2, 0.25) is 5.02 Å². The van der Waals surface area contributed by atoms with Crippen molar-refractivity contribution in [3.63, 3.8) is 0 Å². The van der Waals surface area contributed by atoms with E-state index < -0.39 is 33.2 Å². The van der Waals surface area contributed by atoms with Gasteiger partial charge in [-0.15, -0.1) is 0 Å². The summed E-state index contributed by atoms with van der Waals surface area (Å²) in [5.41, 5.74) is 0.330. The van der Waals surface area contributed by atoms with E-state index in [0.29, 0.717) is 10.7 Å². The lowest BCUT2D eigenvalue weighted by atomic mass is 10.3. The Kier molecular flexibility index (Phi) is 4.69. The summed E-state index contributed by atoms with van der Waals surface area (Å²) < 4.78 is 22.4. The smallest absolute Gasteiger partial charge is 0.239 e. The van der Waals surface area contributed by atoms with Gasteiger partial charge in [-0.3, -0.25) is 4.79 Å². The second-order valence-corrected chi connectivity index (χ2v) is 5.96. The minimum atomic E-state index is -4.02. The molecule has 6 nitrogen and oxygen atoms in total. The van der Waals surface area contributed by atoms with Crippen molar-refractivity contribution in [2.45, 2.75) is 0 Å². The summed E-state index contributed by atoms with van der Waals surface area (Å²) in [5, 5.41) is 12.8. The molecule has 18 heavy (non-hydrogen) atoms. The van der Waals surface area contributed by atoms with Crippen LogP contribution >= 0.6 is 11.6 Å². The molecule has 0 saturated carbocycles. The van der Waals surface area contributed by atoms with E-state index in [1.54, 1.807) is 12.1 Å². The van der Waals surface area contributed by atoms with Crippen LogP contribution in [0.3, 0.4) is 0 Å². The molecule has 98 valence electrons. The average Bonchev–Trinajstić information content (AvgIpc) is 2.13. The van der Waals surface area contributed by atoms with Gasteiger partial charge in [-0.1, -0.05) is 17.7 Å². The van der Waals surface area contributed by atoms with Gasteiger partial charge in [-0.05, 0) is 18.2 Å². The highest BCUT2D eigenvalue weighted by atomic mass is 35.5. The van der Waals surface area contributed by atoms with Crippen LogP contribution in [0, 0.1) is 0 Å². The number of carbonyl (C=O) groups is 2. The van der Waals surface area contributed by atoms with E-state index in [-0.39, 0.29) is 0 Å². The molecule has 0 spiro atoms. The number of aliphatic carboxylic acids is 1. The molecular formula is C10H9ClNO5S-. The number of carboxylic acid groups (broad SMARTS) is 1. The van der Waals surface area contributed by atoms with Gasteiger partial charge >= 0.3 is 0 Å². The molecule has 0 fully saturated rings. The monoisotopic (exact) mass is 290 g/mol. The van der Waals surface area contributed by atoms with Gasteiger partial charge in [0.1, 0.15) is 5.75 Å². The Balaban J connectivity index is 2.65. The molecule has 0 aromatic heterocycles. The predicted molar refractivity (Wildman–Crippen MR) is 63.7 cm³/mol. The van der Waals surface area contributed by atoms with E-state index in [1.165, 1.54) is 12.1 Å². The Bertz CT molecular complexity index is 569. The van der Waals surface area contributed by atoms with Crippen LogP contribution in [0.25, 0.3) is 0 Å². The van der Waals surface area contributed by atoms with Gasteiger partial charge in [-0.25, -0.2) is 8.42 Å². The number of carboxylic acids is 1. The van der Waals surface area contributed by atoms with Crippen LogP contribution in [0.1, 0.15) is 0 Å². The maximum absolute atomic E-state index is 11.4. The van der Waals surface area contributed by atoms with Crippen LogP contribution in [-0.4, -0.2) is 31.8 Å². The van der Waals surface area contributed by atoms with Gasteiger partial charge in [-0.2, -0.15) is 0 Å². The molecule has 0 bridgehead atoms. The first-order chi connectivity index (χ1) is 8.28. The van der Waals surface area contributed by atoms with Gasteiger partial charge in [0, 0.05) is 10.7 Å². The summed E-state index contributed by atoms with van der Waals surface area (Å²) in [6.07, 6.45) is 0. The Morgan fingerprint density at radius 2 is 1.94 bits per heavy atom. The third-order valence-electron chi connectivity index (χ3n) is 1.80. The molecule has 1 aromatic rings. The largest absolute Gasteiger partial charge is 0.549 e. The van der Waals surface area contributed by atoms with Crippen LogP contribution in [0.5, 0.6) is 0 Å². The molecule has 1 N–H and O–H groups in total. The van der Waals surface area contributed by atoms with Gasteiger partial charge in [0.2, 0.25) is 5.91 Å². The maximum Gasteiger partial charge on any atom is 0.239 e. The number of anilines is 1. The molecular weight excluding hydrogens is 282 g/mol. The van der Waals surface area contributed by atoms with Gasteiger partial charge in [0.15, 0.2) is 9.84 Å². The van der Waals surface area contributed by atoms with Crippen molar-refractivity contribution in [3.05, 3.63) is 29.3 Å². The molecule has 0 radical (unpaired) electrons. The van der Waals surface area contributed by atoms with Crippen molar-refractivity contribution >= 4 is 39.0 Å². The highest BCUT2D eigenvalue weighted by Gasteiger charge is 2.17. The fraction of sp³-hybridized carbons (Fsp3) is 0.200. The van der Waals surface area contributed by atoms with E-state index in [2.05, 4.69) is 5.32 Å². The highest BCUT2D eigenvalue weighted by molar-refractivity contribution is 7.92. The molecule has 0 unspecified atom stereocenters. The first-order valence-corrected chi connectivity index (χ1v) is 6.94. The number of benzene rings is 1. The lowest BCUT2D eigenvalue weighted by Crippen LogP contribution is -2.34. The predicted octanol–water partition coefficient (Wildman–Crippen LogP) is -0.557. The summed E-state index contributed by atoms with van der Waals surface area (Å²) in [6.45, 7) is 0. The van der Waals surface area contributed by atoms with Crippen molar-refractivity contribution in [1.29, 1.82) is 0 Å². The average molecular weight is 291 g/mol. The van der Waals surface area contributed by atoms with Crippen LogP contribution in [0.15, 0.2) is 24.3 Å². The number of halogens is 1. The third-order valence-corrected chi connectivity index (χ3v) is 3.41. The summed E-state index contributed by atoms with van der Waals surface area (Å²) in [5.74, 6) is -4.69. The van der Waals surface area contributed by atoms with Crippen molar-refractivity contribution in [1.82, 2.24) is 0 Å². The Hall–Kier alpha value is -1.60. The number of nitrogens with one attached hydrogen (secondary N) is 1. The third kappa shape index (κ3) is 5.15. The quantitative estimate of drug-likeness (QED) is 0.783. The van der Waals surface area contributed by atoms with Crippen molar-refractivity contribution in [3.8, 4) is 0 Å². The molecule has 0 aliphatic rings. The second-order valence-electron chi connectivity index (χ2n) is 3.46. The normalized spacial score (nSPS) is 10.9. The minimum absolute atomic E-state index is 0.330. The SMILES string of the molecule is O=C([O-])CS(=O)(=O)CC(=O)Nc1cccc(Cl)c1. The first kappa shape index (κ1) is 14.5. The van der Waals surface area contributed by atoms with E-state index in [1.807, 2.05) is 0 Å². The van der Waals surface area contributed by atoms with Crippen molar-refractivity contribution in [2.75, 3.05) is 16.8 Å². The zero-order chi connectivity index (χ0) is 13.8. The standard InChI is InChI=1S/C10H10ClNO5S/c11-7-2-1-3-8(4-7)12-9(13)5-18(16,17)6-10(14)15/h1-4H,5-6H2,(H,12,13)(H,14,15)/p-1. The van der Waals surface area contributed by atoms with Crippen LogP contribution in [0.4, 0.5) is 5.69 Å². The molecule has 8 heteroatoms. The number of hydrogen-bond acceptors (Lipinski definition) is 5. The number of hydrogen-bond donors (Lipinski definition) is 1. The van der Waals surface area contributed by atoms with Crippen LogP contribution in [-0.2, 0) is 19.4 Å². The van der Waals surface area contributed by atoms with Gasteiger partial charge in [0.05, 0.1) is 11.7 Å². The molecule has 1 amide bonds. The zero-order valence-electron chi connectivity index (χ0n) is 9.05. The number of amides is 1. The maximum atomic E-state index is 11.4. The number of carbonyl (C=O) groups excluding carboxylic acids is 2. The zero-order valence-corrected chi connectivity index (χ0v) is 10.6. The summed E-state index contributed by atoms with van der Waals surface area (Å²) >= 11 is 5.67. The summed E-state index contributed by atoms with van der Waals surface area (Å²) in [4.78, 5) is 21.5. The van der Waals surface area contributed by atoms with E-state index in [0.717, 1.165) is 0 Å². The van der Waals surface area contributed by atoms with Gasteiger partial charge < -0.3 is 15.2 Å². The topological polar surface area (TPSA) is 103 Å². The molecule has 0 heterocycles. The number of rotatable bonds is 5. The lowest BCUT2D eigenvalue weighted by Gasteiger charge is -2.07. The van der Waals surface area contributed by atoms with Gasteiger partial charge in [0.25, 0.3) is 0 Å². The fourth-order valence-electron chi connectivity index (χ4n) is 1.19. The molecule has 1 aromatic carbocycles. The fourth-order valence-corrected chi connectivity index (χ4v) is 2.32. The molecule has 0 aliphatic carbocycles. The van der Waals surface area contributed by atoms with Crippen LogP contribution < -0.4 is 10.4 Å². The van der Waals surface area contributed by atoms with E-state index in [9.17, 15) is 23.1 Å². The van der Waals surface area contributed by atoms with E-state index >= 15 is 0 Å². The van der Waals surface area contributed by atoms with Crippen molar-refractivity contribution < 1.29 is 23.1 Å². The van der Waals surface area contributed by atoms with Crippen molar-refractivity contribution in [2.24, 2.45) is 0 Å².